The Balaban J connectivity index is 1.05. The first-order valence-corrected chi connectivity index (χ1v) is 22.9. The molecule has 4 saturated carbocycles. The molecule has 4 fully saturated rings. The maximum absolute atomic E-state index is 12.5. The fraction of sp³-hybridized carbons (Fsp3) is 0.979. The Kier molecular flexibility index (Phi) is 17.9. The predicted molar refractivity (Wildman–Crippen MR) is 212 cm³/mol. The highest BCUT2D eigenvalue weighted by Gasteiger charge is 2.60. The number of ether oxygens (including phenoxy) is 1. The number of esters is 1. The molecule has 0 N–H and O–H groups in total. The number of hydrogen-bond donors (Lipinski definition) is 0. The first kappa shape index (κ1) is 41.2. The van der Waals surface area contributed by atoms with E-state index in [1.54, 1.807) is 6.42 Å². The molecule has 2 heteroatoms. The first-order valence-electron chi connectivity index (χ1n) is 22.9. The van der Waals surface area contributed by atoms with Gasteiger partial charge in [0.05, 0.1) is 6.61 Å². The van der Waals surface area contributed by atoms with Crippen LogP contribution in [0.5, 0.6) is 0 Å². The second kappa shape index (κ2) is 21.2. The molecular weight excluding hydrogens is 597 g/mol. The zero-order valence-corrected chi connectivity index (χ0v) is 34.1. The minimum atomic E-state index is 0.0437. The lowest BCUT2D eigenvalue weighted by molar-refractivity contribution is -0.144. The van der Waals surface area contributed by atoms with Gasteiger partial charge in [-0.15, -0.1) is 0 Å². The van der Waals surface area contributed by atoms with Crippen LogP contribution in [0, 0.1) is 58.2 Å². The van der Waals surface area contributed by atoms with E-state index in [4.69, 9.17) is 4.74 Å². The van der Waals surface area contributed by atoms with E-state index in [1.807, 2.05) is 0 Å². The van der Waals surface area contributed by atoms with Gasteiger partial charge >= 0.3 is 5.97 Å². The second-order valence-corrected chi connectivity index (χ2v) is 19.4. The Morgan fingerprint density at radius 3 is 1.88 bits per heavy atom. The Bertz CT molecular complexity index is 910. The highest BCUT2D eigenvalue weighted by atomic mass is 16.5. The SMILES string of the molecule is CCCCCCCCCCCCCCCCCC(=O)OCC[C@H](CC[C@@H](C)[C@H]1CC[C@H]2[C@@H]3CCC4CCCC[C@]4(C)[C@H]3CC[C@]12C)C(C)C. The lowest BCUT2D eigenvalue weighted by atomic mass is 9.44. The quantitative estimate of drug-likeness (QED) is 0.0748. The van der Waals surface area contributed by atoms with E-state index in [1.165, 1.54) is 161 Å². The zero-order valence-electron chi connectivity index (χ0n) is 34.1. The van der Waals surface area contributed by atoms with Crippen molar-refractivity contribution in [3.05, 3.63) is 0 Å². The van der Waals surface area contributed by atoms with E-state index < -0.39 is 0 Å². The number of fused-ring (bicyclic) bond motifs is 5. The van der Waals surface area contributed by atoms with Crippen LogP contribution in [-0.2, 0) is 9.53 Å². The Labute approximate surface area is 307 Å². The van der Waals surface area contributed by atoms with Gasteiger partial charge in [-0.05, 0) is 129 Å². The number of rotatable bonds is 24. The third-order valence-electron chi connectivity index (χ3n) is 16.0. The summed E-state index contributed by atoms with van der Waals surface area (Å²) < 4.78 is 5.79. The number of hydrogen-bond acceptors (Lipinski definition) is 2. The molecule has 286 valence electrons. The highest BCUT2D eigenvalue weighted by molar-refractivity contribution is 5.69. The van der Waals surface area contributed by atoms with Gasteiger partial charge in [0.2, 0.25) is 0 Å². The van der Waals surface area contributed by atoms with Crippen LogP contribution >= 0.6 is 0 Å². The van der Waals surface area contributed by atoms with Crippen molar-refractivity contribution < 1.29 is 9.53 Å². The fourth-order valence-corrected chi connectivity index (χ4v) is 12.8. The Morgan fingerprint density at radius 1 is 0.633 bits per heavy atom. The predicted octanol–water partition coefficient (Wildman–Crippen LogP) is 14.9. The number of unbranched alkanes of at least 4 members (excludes halogenated alkanes) is 14. The molecule has 9 atom stereocenters. The van der Waals surface area contributed by atoms with Gasteiger partial charge in [0.1, 0.15) is 0 Å². The van der Waals surface area contributed by atoms with Gasteiger partial charge in [-0.1, -0.05) is 151 Å². The van der Waals surface area contributed by atoms with E-state index in [2.05, 4.69) is 41.5 Å². The van der Waals surface area contributed by atoms with Gasteiger partial charge in [-0.2, -0.15) is 0 Å². The van der Waals surface area contributed by atoms with Crippen LogP contribution in [0.2, 0.25) is 0 Å². The van der Waals surface area contributed by atoms with Crippen molar-refractivity contribution in [3.8, 4) is 0 Å². The van der Waals surface area contributed by atoms with Crippen LogP contribution in [0.1, 0.15) is 228 Å². The van der Waals surface area contributed by atoms with E-state index in [0.29, 0.717) is 35.7 Å². The summed E-state index contributed by atoms with van der Waals surface area (Å²) in [7, 11) is 0. The summed E-state index contributed by atoms with van der Waals surface area (Å²) >= 11 is 0. The molecular formula is C47H86O2. The molecule has 0 saturated heterocycles. The van der Waals surface area contributed by atoms with Gasteiger partial charge in [0, 0.05) is 6.42 Å². The van der Waals surface area contributed by atoms with Crippen molar-refractivity contribution >= 4 is 5.97 Å². The molecule has 0 aromatic heterocycles. The minimum Gasteiger partial charge on any atom is -0.466 e. The third-order valence-corrected chi connectivity index (χ3v) is 16.0. The van der Waals surface area contributed by atoms with Crippen LogP contribution < -0.4 is 0 Å². The van der Waals surface area contributed by atoms with Crippen molar-refractivity contribution in [3.63, 3.8) is 0 Å². The van der Waals surface area contributed by atoms with Gasteiger partial charge in [-0.25, -0.2) is 0 Å². The van der Waals surface area contributed by atoms with Crippen molar-refractivity contribution in [1.82, 2.24) is 0 Å². The molecule has 0 aromatic carbocycles. The molecule has 1 unspecified atom stereocenters. The topological polar surface area (TPSA) is 26.3 Å². The maximum Gasteiger partial charge on any atom is 0.305 e. The maximum atomic E-state index is 12.5. The molecule has 4 aliphatic carbocycles. The molecule has 0 aliphatic heterocycles. The van der Waals surface area contributed by atoms with Gasteiger partial charge < -0.3 is 4.74 Å². The standard InChI is InChI=1S/C47H86O2/c1-7-8-9-10-11-12-13-14-15-16-17-18-19-20-21-25-45(48)49-36-33-39(37(2)3)27-26-38(4)42-30-31-43-41-29-28-40-24-22-23-34-46(40,5)44(41)32-35-47(42,43)6/h37-44H,7-36H2,1-6H3/t38-,39+,40?,41+,42-,43+,44+,46+,47-/m1/s1. The van der Waals surface area contributed by atoms with Gasteiger partial charge in [0.25, 0.3) is 0 Å². The van der Waals surface area contributed by atoms with Crippen LogP contribution in [0.15, 0.2) is 0 Å². The van der Waals surface area contributed by atoms with Crippen molar-refractivity contribution in [2.75, 3.05) is 6.61 Å². The Morgan fingerprint density at radius 2 is 1.24 bits per heavy atom. The summed E-state index contributed by atoms with van der Waals surface area (Å²) in [5.41, 5.74) is 1.24. The summed E-state index contributed by atoms with van der Waals surface area (Å²) in [4.78, 5) is 12.5. The molecule has 0 radical (unpaired) electrons. The van der Waals surface area contributed by atoms with E-state index >= 15 is 0 Å². The molecule has 0 amide bonds. The minimum absolute atomic E-state index is 0.0437. The largest absolute Gasteiger partial charge is 0.466 e. The van der Waals surface area contributed by atoms with E-state index in [9.17, 15) is 4.79 Å². The summed E-state index contributed by atoms with van der Waals surface area (Å²) in [5, 5.41) is 0. The van der Waals surface area contributed by atoms with Gasteiger partial charge in [0.15, 0.2) is 0 Å². The average molecular weight is 683 g/mol. The van der Waals surface area contributed by atoms with E-state index in [-0.39, 0.29) is 5.97 Å². The fourth-order valence-electron chi connectivity index (χ4n) is 12.8. The lowest BCUT2D eigenvalue weighted by Crippen LogP contribution is -2.53. The van der Waals surface area contributed by atoms with Crippen LogP contribution in [0.4, 0.5) is 0 Å². The third kappa shape index (κ3) is 11.7. The average Bonchev–Trinajstić information content (AvgIpc) is 3.44. The van der Waals surface area contributed by atoms with Crippen LogP contribution in [-0.4, -0.2) is 12.6 Å². The number of carbonyl (C=O) groups is 1. The number of carbonyl (C=O) groups excluding carboxylic acids is 1. The molecule has 0 heterocycles. The molecule has 0 aromatic rings. The molecule has 49 heavy (non-hydrogen) atoms. The lowest BCUT2D eigenvalue weighted by Gasteiger charge is -2.61. The molecule has 0 bridgehead atoms. The van der Waals surface area contributed by atoms with Crippen molar-refractivity contribution in [1.29, 1.82) is 0 Å². The van der Waals surface area contributed by atoms with E-state index in [0.717, 1.165) is 48.3 Å². The van der Waals surface area contributed by atoms with Crippen LogP contribution in [0.3, 0.4) is 0 Å². The summed E-state index contributed by atoms with van der Waals surface area (Å²) in [6.45, 7) is 15.8. The summed E-state index contributed by atoms with van der Waals surface area (Å²) in [6, 6.07) is 0. The second-order valence-electron chi connectivity index (χ2n) is 19.4. The zero-order chi connectivity index (χ0) is 35.1. The molecule has 0 spiro atoms. The summed E-state index contributed by atoms with van der Waals surface area (Å²) in [6.07, 6.45) is 39.8. The van der Waals surface area contributed by atoms with Crippen molar-refractivity contribution in [2.24, 2.45) is 58.2 Å². The smallest absolute Gasteiger partial charge is 0.305 e. The van der Waals surface area contributed by atoms with Gasteiger partial charge in [-0.3, -0.25) is 4.79 Å². The van der Waals surface area contributed by atoms with Crippen LogP contribution in [0.25, 0.3) is 0 Å². The molecule has 4 rings (SSSR count). The summed E-state index contributed by atoms with van der Waals surface area (Å²) in [5.74, 6) is 7.17. The van der Waals surface area contributed by atoms with Crippen molar-refractivity contribution in [2.45, 2.75) is 228 Å². The Hall–Kier alpha value is -0.530. The first-order chi connectivity index (χ1) is 23.7. The highest BCUT2D eigenvalue weighted by Crippen LogP contribution is 2.68. The normalized spacial score (nSPS) is 32.3. The molecule has 2 nitrogen and oxygen atoms in total. The molecule has 4 aliphatic rings. The monoisotopic (exact) mass is 683 g/mol.